The number of H-pyrrole nitrogens is 1. The first-order valence-corrected chi connectivity index (χ1v) is 7.32. The predicted molar refractivity (Wildman–Crippen MR) is 82.2 cm³/mol. The van der Waals surface area contributed by atoms with Gasteiger partial charge in [-0.25, -0.2) is 9.37 Å². The van der Waals surface area contributed by atoms with E-state index in [0.717, 1.165) is 16.8 Å². The number of halogens is 1. The Morgan fingerprint density at radius 3 is 2.90 bits per heavy atom. The number of benzene rings is 2. The standard InChI is InChI=1S/C15H14FN3OS/c1-2-20-11-3-4-13-14(8-11)19-15(18-13)21-12-6-9(16)5-10(17)7-12/h3-8H,2,17H2,1H3,(H,18,19). The van der Waals surface area contributed by atoms with Gasteiger partial charge in [-0.05, 0) is 37.3 Å². The summed E-state index contributed by atoms with van der Waals surface area (Å²) < 4.78 is 18.8. The normalized spacial score (nSPS) is 11.0. The van der Waals surface area contributed by atoms with Crippen molar-refractivity contribution in [3.63, 3.8) is 0 Å². The van der Waals surface area contributed by atoms with Gasteiger partial charge in [-0.15, -0.1) is 0 Å². The van der Waals surface area contributed by atoms with Gasteiger partial charge in [-0.1, -0.05) is 11.8 Å². The van der Waals surface area contributed by atoms with E-state index in [1.807, 2.05) is 25.1 Å². The topological polar surface area (TPSA) is 63.9 Å². The summed E-state index contributed by atoms with van der Waals surface area (Å²) in [5.74, 6) is 0.437. The molecule has 108 valence electrons. The van der Waals surface area contributed by atoms with E-state index in [1.165, 1.54) is 23.9 Å². The molecule has 0 fully saturated rings. The molecule has 1 aromatic heterocycles. The molecule has 3 rings (SSSR count). The SMILES string of the molecule is CCOc1ccc2nc(Sc3cc(N)cc(F)c3)[nH]c2c1. The van der Waals surface area contributed by atoms with Crippen molar-refractivity contribution in [3.05, 3.63) is 42.2 Å². The van der Waals surface area contributed by atoms with Crippen molar-refractivity contribution in [2.45, 2.75) is 17.0 Å². The van der Waals surface area contributed by atoms with Crippen LogP contribution in [0, 0.1) is 5.82 Å². The molecular formula is C15H14FN3OS. The summed E-state index contributed by atoms with van der Waals surface area (Å²) in [6.07, 6.45) is 0. The van der Waals surface area contributed by atoms with E-state index < -0.39 is 0 Å². The summed E-state index contributed by atoms with van der Waals surface area (Å²) in [5.41, 5.74) is 7.76. The number of aromatic nitrogens is 2. The van der Waals surface area contributed by atoms with Gasteiger partial charge < -0.3 is 15.5 Å². The fourth-order valence-electron chi connectivity index (χ4n) is 2.03. The second-order valence-electron chi connectivity index (χ2n) is 4.48. The quantitative estimate of drug-likeness (QED) is 0.719. The molecule has 6 heteroatoms. The number of nitrogens with two attached hydrogens (primary N) is 1. The molecule has 0 aliphatic carbocycles. The highest BCUT2D eigenvalue weighted by Crippen LogP contribution is 2.30. The molecule has 3 aromatic rings. The molecule has 21 heavy (non-hydrogen) atoms. The van der Waals surface area contributed by atoms with Gasteiger partial charge in [0.15, 0.2) is 5.16 Å². The minimum Gasteiger partial charge on any atom is -0.494 e. The third kappa shape index (κ3) is 3.11. The van der Waals surface area contributed by atoms with E-state index in [1.54, 1.807) is 6.07 Å². The van der Waals surface area contributed by atoms with Crippen molar-refractivity contribution < 1.29 is 9.13 Å². The molecule has 0 unspecified atom stereocenters. The number of fused-ring (bicyclic) bond motifs is 1. The molecule has 0 spiro atoms. The van der Waals surface area contributed by atoms with Crippen LogP contribution in [0.3, 0.4) is 0 Å². The molecular weight excluding hydrogens is 289 g/mol. The Morgan fingerprint density at radius 2 is 2.14 bits per heavy atom. The van der Waals surface area contributed by atoms with Gasteiger partial charge in [0.25, 0.3) is 0 Å². The smallest absolute Gasteiger partial charge is 0.171 e. The van der Waals surface area contributed by atoms with Crippen molar-refractivity contribution in [1.29, 1.82) is 0 Å². The van der Waals surface area contributed by atoms with Crippen LogP contribution >= 0.6 is 11.8 Å². The Kier molecular flexibility index (Phi) is 3.70. The van der Waals surface area contributed by atoms with Crippen LogP contribution in [-0.4, -0.2) is 16.6 Å². The first kappa shape index (κ1) is 13.8. The number of anilines is 1. The lowest BCUT2D eigenvalue weighted by Crippen LogP contribution is -1.90. The second kappa shape index (κ2) is 5.65. The maximum absolute atomic E-state index is 13.3. The number of imidazole rings is 1. The van der Waals surface area contributed by atoms with Crippen LogP contribution in [0.5, 0.6) is 5.75 Å². The van der Waals surface area contributed by atoms with Gasteiger partial charge in [0.05, 0.1) is 17.6 Å². The zero-order valence-electron chi connectivity index (χ0n) is 11.4. The van der Waals surface area contributed by atoms with E-state index in [9.17, 15) is 4.39 Å². The van der Waals surface area contributed by atoms with Gasteiger partial charge in [0, 0.05) is 16.6 Å². The number of nitrogens with zero attached hydrogens (tertiary/aromatic N) is 1. The van der Waals surface area contributed by atoms with E-state index in [2.05, 4.69) is 9.97 Å². The highest BCUT2D eigenvalue weighted by molar-refractivity contribution is 7.99. The lowest BCUT2D eigenvalue weighted by atomic mass is 10.3. The van der Waals surface area contributed by atoms with Crippen LogP contribution in [0.2, 0.25) is 0 Å². The zero-order valence-corrected chi connectivity index (χ0v) is 12.2. The number of hydrogen-bond acceptors (Lipinski definition) is 4. The molecule has 3 N–H and O–H groups in total. The minimum absolute atomic E-state index is 0.354. The van der Waals surface area contributed by atoms with Crippen LogP contribution in [0.15, 0.2) is 46.5 Å². The molecule has 2 aromatic carbocycles. The first-order valence-electron chi connectivity index (χ1n) is 6.50. The minimum atomic E-state index is -0.354. The summed E-state index contributed by atoms with van der Waals surface area (Å²) in [4.78, 5) is 8.35. The fourth-order valence-corrected chi connectivity index (χ4v) is 2.92. The highest BCUT2D eigenvalue weighted by atomic mass is 32.2. The monoisotopic (exact) mass is 303 g/mol. The number of hydrogen-bond donors (Lipinski definition) is 2. The third-order valence-electron chi connectivity index (χ3n) is 2.85. The van der Waals surface area contributed by atoms with Crippen LogP contribution in [0.25, 0.3) is 11.0 Å². The molecule has 0 radical (unpaired) electrons. The molecule has 0 saturated carbocycles. The lowest BCUT2D eigenvalue weighted by Gasteiger charge is -2.01. The van der Waals surface area contributed by atoms with Crippen molar-refractivity contribution in [2.24, 2.45) is 0 Å². The molecule has 0 aliphatic heterocycles. The van der Waals surface area contributed by atoms with Gasteiger partial charge in [-0.2, -0.15) is 0 Å². The van der Waals surface area contributed by atoms with Gasteiger partial charge in [0.2, 0.25) is 0 Å². The van der Waals surface area contributed by atoms with Crippen LogP contribution < -0.4 is 10.5 Å². The Labute approximate surface area is 125 Å². The van der Waals surface area contributed by atoms with E-state index >= 15 is 0 Å². The molecule has 1 heterocycles. The maximum Gasteiger partial charge on any atom is 0.171 e. The Bertz CT molecular complexity index is 767. The van der Waals surface area contributed by atoms with Gasteiger partial charge in [0.1, 0.15) is 11.6 Å². The fraction of sp³-hybridized carbons (Fsp3) is 0.133. The average molecular weight is 303 g/mol. The first-order chi connectivity index (χ1) is 10.1. The molecule has 4 nitrogen and oxygen atoms in total. The number of nitrogens with one attached hydrogen (secondary N) is 1. The van der Waals surface area contributed by atoms with Crippen LogP contribution in [0.4, 0.5) is 10.1 Å². The van der Waals surface area contributed by atoms with Crippen molar-refractivity contribution >= 4 is 28.5 Å². The Balaban J connectivity index is 1.90. The summed E-state index contributed by atoms with van der Waals surface area (Å²) in [6, 6.07) is 10.1. The summed E-state index contributed by atoms with van der Waals surface area (Å²) in [5, 5.41) is 0.684. The molecule has 0 saturated heterocycles. The van der Waals surface area contributed by atoms with Crippen molar-refractivity contribution in [2.75, 3.05) is 12.3 Å². The van der Waals surface area contributed by atoms with E-state index in [-0.39, 0.29) is 5.82 Å². The molecule has 0 aliphatic rings. The summed E-state index contributed by atoms with van der Waals surface area (Å²) >= 11 is 1.33. The van der Waals surface area contributed by atoms with E-state index in [0.29, 0.717) is 22.3 Å². The number of rotatable bonds is 4. The molecule has 0 amide bonds. The third-order valence-corrected chi connectivity index (χ3v) is 3.71. The van der Waals surface area contributed by atoms with Crippen molar-refractivity contribution in [3.8, 4) is 5.75 Å². The molecule has 0 atom stereocenters. The van der Waals surface area contributed by atoms with Crippen molar-refractivity contribution in [1.82, 2.24) is 9.97 Å². The van der Waals surface area contributed by atoms with Gasteiger partial charge >= 0.3 is 0 Å². The van der Waals surface area contributed by atoms with E-state index in [4.69, 9.17) is 10.5 Å². The van der Waals surface area contributed by atoms with Gasteiger partial charge in [-0.3, -0.25) is 0 Å². The van der Waals surface area contributed by atoms with Crippen LogP contribution in [0.1, 0.15) is 6.92 Å². The maximum atomic E-state index is 13.3. The zero-order chi connectivity index (χ0) is 14.8. The number of aromatic amines is 1. The summed E-state index contributed by atoms with van der Waals surface area (Å²) in [6.45, 7) is 2.55. The number of ether oxygens (including phenoxy) is 1. The average Bonchev–Trinajstić information content (AvgIpc) is 2.79. The Hall–Kier alpha value is -2.21. The predicted octanol–water partition coefficient (Wildman–Crippen LogP) is 3.83. The highest BCUT2D eigenvalue weighted by Gasteiger charge is 2.07. The lowest BCUT2D eigenvalue weighted by molar-refractivity contribution is 0.340. The molecule has 0 bridgehead atoms. The Morgan fingerprint density at radius 1 is 1.29 bits per heavy atom. The second-order valence-corrected chi connectivity index (χ2v) is 5.54. The number of nitrogen functional groups attached to an aromatic ring is 1. The largest absolute Gasteiger partial charge is 0.494 e. The van der Waals surface area contributed by atoms with Crippen LogP contribution in [-0.2, 0) is 0 Å². The summed E-state index contributed by atoms with van der Waals surface area (Å²) in [7, 11) is 0.